The van der Waals surface area contributed by atoms with Gasteiger partial charge in [0.15, 0.2) is 0 Å². The Kier molecular flexibility index (Phi) is 4.80. The molecule has 0 saturated carbocycles. The predicted molar refractivity (Wildman–Crippen MR) is 66.8 cm³/mol. The van der Waals surface area contributed by atoms with Crippen molar-refractivity contribution in [3.63, 3.8) is 0 Å². The maximum absolute atomic E-state index is 12.2. The molecule has 2 fully saturated rings. The zero-order valence-corrected chi connectivity index (χ0v) is 10.8. The van der Waals surface area contributed by atoms with E-state index in [0.717, 1.165) is 64.3 Å². The van der Waals surface area contributed by atoms with Gasteiger partial charge in [0.25, 0.3) is 5.91 Å². The Morgan fingerprint density at radius 3 is 2.65 bits per heavy atom. The van der Waals surface area contributed by atoms with Crippen molar-refractivity contribution in [2.45, 2.75) is 38.2 Å². The van der Waals surface area contributed by atoms with E-state index in [2.05, 4.69) is 5.32 Å². The first-order valence-electron chi connectivity index (χ1n) is 6.86. The highest BCUT2D eigenvalue weighted by Gasteiger charge is 2.29. The largest absolute Gasteiger partial charge is 0.368 e. The molecule has 1 amide bonds. The van der Waals surface area contributed by atoms with Crippen molar-refractivity contribution in [3.05, 3.63) is 0 Å². The summed E-state index contributed by atoms with van der Waals surface area (Å²) < 4.78 is 5.56. The molecule has 98 valence electrons. The zero-order valence-electron chi connectivity index (χ0n) is 10.8. The minimum atomic E-state index is -0.149. The molecule has 0 aromatic rings. The number of nitrogens with one attached hydrogen (secondary N) is 1. The van der Waals surface area contributed by atoms with Gasteiger partial charge in [-0.1, -0.05) is 0 Å². The molecule has 0 spiro atoms. The number of hydrogen-bond donors (Lipinski definition) is 1. The lowest BCUT2D eigenvalue weighted by Crippen LogP contribution is -2.46. The number of amides is 1. The second-order valence-corrected chi connectivity index (χ2v) is 5.18. The van der Waals surface area contributed by atoms with Crippen molar-refractivity contribution < 1.29 is 9.53 Å². The Hall–Kier alpha value is -0.610. The lowest BCUT2D eigenvalue weighted by molar-refractivity contribution is -0.147. The molecule has 0 aliphatic carbocycles. The Balaban J connectivity index is 1.77. The van der Waals surface area contributed by atoms with Crippen molar-refractivity contribution in [1.82, 2.24) is 10.2 Å². The summed E-state index contributed by atoms with van der Waals surface area (Å²) in [6.45, 7) is 3.64. The van der Waals surface area contributed by atoms with E-state index in [1.54, 1.807) is 0 Å². The first-order chi connectivity index (χ1) is 8.31. The van der Waals surface area contributed by atoms with E-state index in [1.165, 1.54) is 0 Å². The fourth-order valence-corrected chi connectivity index (χ4v) is 2.79. The van der Waals surface area contributed by atoms with E-state index in [4.69, 9.17) is 4.74 Å². The molecule has 1 N–H and O–H groups in total. The smallest absolute Gasteiger partial charge is 0.251 e. The Labute approximate surface area is 104 Å². The molecule has 1 atom stereocenters. The van der Waals surface area contributed by atoms with Gasteiger partial charge in [-0.25, -0.2) is 0 Å². The van der Waals surface area contributed by atoms with Crippen molar-refractivity contribution in [3.8, 4) is 0 Å². The number of nitrogens with zero attached hydrogens (tertiary/aromatic N) is 1. The molecule has 4 heteroatoms. The summed E-state index contributed by atoms with van der Waals surface area (Å²) >= 11 is 0. The number of hydrogen-bond acceptors (Lipinski definition) is 3. The molecule has 2 heterocycles. The topological polar surface area (TPSA) is 41.6 Å². The van der Waals surface area contributed by atoms with E-state index in [0.29, 0.717) is 0 Å². The van der Waals surface area contributed by atoms with Gasteiger partial charge in [-0.15, -0.1) is 0 Å². The van der Waals surface area contributed by atoms with Crippen LogP contribution in [-0.4, -0.2) is 50.2 Å². The number of carbonyl (C=O) groups excluding carboxylic acids is 1. The first-order valence-corrected chi connectivity index (χ1v) is 6.86. The van der Waals surface area contributed by atoms with Gasteiger partial charge in [0, 0.05) is 19.7 Å². The van der Waals surface area contributed by atoms with Gasteiger partial charge in [-0.2, -0.15) is 0 Å². The molecule has 0 aromatic heterocycles. The van der Waals surface area contributed by atoms with Crippen LogP contribution in [0.2, 0.25) is 0 Å². The number of likely N-dealkylation sites (tertiary alicyclic amines) is 1. The average molecular weight is 240 g/mol. The maximum Gasteiger partial charge on any atom is 0.251 e. The third kappa shape index (κ3) is 3.42. The van der Waals surface area contributed by atoms with Crippen LogP contribution in [0.25, 0.3) is 0 Å². The van der Waals surface area contributed by atoms with Crippen LogP contribution < -0.4 is 5.32 Å². The van der Waals surface area contributed by atoms with Crippen molar-refractivity contribution in [2.24, 2.45) is 5.92 Å². The molecule has 0 bridgehead atoms. The standard InChI is InChI=1S/C13H24N2O2/c1-14-10-11-5-7-15(8-6-11)13(16)12-4-2-3-9-17-12/h11-12,14H,2-10H2,1H3. The second-order valence-electron chi connectivity index (χ2n) is 5.18. The molecule has 2 aliphatic heterocycles. The normalized spacial score (nSPS) is 27.1. The highest BCUT2D eigenvalue weighted by molar-refractivity contribution is 5.81. The molecule has 4 nitrogen and oxygen atoms in total. The third-order valence-corrected chi connectivity index (χ3v) is 3.87. The van der Waals surface area contributed by atoms with E-state index >= 15 is 0 Å². The highest BCUT2D eigenvalue weighted by atomic mass is 16.5. The molecule has 2 saturated heterocycles. The SMILES string of the molecule is CNCC1CCN(C(=O)C2CCCCO2)CC1. The molecule has 17 heavy (non-hydrogen) atoms. The zero-order chi connectivity index (χ0) is 12.1. The van der Waals surface area contributed by atoms with Gasteiger partial charge in [0.2, 0.25) is 0 Å². The van der Waals surface area contributed by atoms with E-state index in [-0.39, 0.29) is 12.0 Å². The van der Waals surface area contributed by atoms with Gasteiger partial charge < -0.3 is 15.0 Å². The van der Waals surface area contributed by atoms with E-state index in [9.17, 15) is 4.79 Å². The quantitative estimate of drug-likeness (QED) is 0.800. The molecule has 1 unspecified atom stereocenters. The lowest BCUT2D eigenvalue weighted by Gasteiger charge is -2.35. The number of rotatable bonds is 3. The van der Waals surface area contributed by atoms with Gasteiger partial charge in [0.1, 0.15) is 6.10 Å². The number of ether oxygens (including phenoxy) is 1. The fraction of sp³-hybridized carbons (Fsp3) is 0.923. The van der Waals surface area contributed by atoms with E-state index < -0.39 is 0 Å². The number of piperidine rings is 1. The lowest BCUT2D eigenvalue weighted by atomic mass is 9.96. The summed E-state index contributed by atoms with van der Waals surface area (Å²) in [5, 5.41) is 3.22. The van der Waals surface area contributed by atoms with Crippen LogP contribution >= 0.6 is 0 Å². The minimum Gasteiger partial charge on any atom is -0.368 e. The summed E-state index contributed by atoms with van der Waals surface area (Å²) in [6.07, 6.45) is 5.25. The first kappa shape index (κ1) is 12.8. The Morgan fingerprint density at radius 2 is 2.06 bits per heavy atom. The third-order valence-electron chi connectivity index (χ3n) is 3.87. The molecule has 2 rings (SSSR count). The Morgan fingerprint density at radius 1 is 1.29 bits per heavy atom. The number of carbonyl (C=O) groups is 1. The summed E-state index contributed by atoms with van der Waals surface area (Å²) in [5.41, 5.74) is 0. The summed E-state index contributed by atoms with van der Waals surface area (Å²) in [7, 11) is 1.99. The van der Waals surface area contributed by atoms with Crippen LogP contribution in [0, 0.1) is 5.92 Å². The maximum atomic E-state index is 12.2. The van der Waals surface area contributed by atoms with Crippen LogP contribution in [0.5, 0.6) is 0 Å². The van der Waals surface area contributed by atoms with Crippen molar-refractivity contribution in [2.75, 3.05) is 33.3 Å². The summed E-state index contributed by atoms with van der Waals surface area (Å²) in [6, 6.07) is 0. The predicted octanol–water partition coefficient (Wildman–Crippen LogP) is 1.01. The van der Waals surface area contributed by atoms with Crippen LogP contribution in [0.1, 0.15) is 32.1 Å². The van der Waals surface area contributed by atoms with Gasteiger partial charge in [-0.3, -0.25) is 4.79 Å². The van der Waals surface area contributed by atoms with Crippen LogP contribution in [0.3, 0.4) is 0 Å². The summed E-state index contributed by atoms with van der Waals surface area (Å²) in [5.74, 6) is 0.962. The molecule has 2 aliphatic rings. The van der Waals surface area contributed by atoms with Crippen LogP contribution in [0.15, 0.2) is 0 Å². The average Bonchev–Trinajstić information content (AvgIpc) is 2.40. The monoisotopic (exact) mass is 240 g/mol. The van der Waals surface area contributed by atoms with Crippen molar-refractivity contribution in [1.29, 1.82) is 0 Å². The van der Waals surface area contributed by atoms with Crippen LogP contribution in [0.4, 0.5) is 0 Å². The molecule has 0 radical (unpaired) electrons. The van der Waals surface area contributed by atoms with E-state index in [1.807, 2.05) is 11.9 Å². The van der Waals surface area contributed by atoms with Crippen LogP contribution in [-0.2, 0) is 9.53 Å². The summed E-state index contributed by atoms with van der Waals surface area (Å²) in [4.78, 5) is 14.2. The van der Waals surface area contributed by atoms with Crippen molar-refractivity contribution >= 4 is 5.91 Å². The molecule has 0 aromatic carbocycles. The highest BCUT2D eigenvalue weighted by Crippen LogP contribution is 2.20. The molecular formula is C13H24N2O2. The Bertz CT molecular complexity index is 244. The molecular weight excluding hydrogens is 216 g/mol. The fourth-order valence-electron chi connectivity index (χ4n) is 2.79. The minimum absolute atomic E-state index is 0.149. The van der Waals surface area contributed by atoms with Gasteiger partial charge in [-0.05, 0) is 51.6 Å². The second kappa shape index (κ2) is 6.36. The van der Waals surface area contributed by atoms with Gasteiger partial charge in [0.05, 0.1) is 0 Å². The van der Waals surface area contributed by atoms with Gasteiger partial charge >= 0.3 is 0 Å².